The molecule has 0 radical (unpaired) electrons. The number of rotatable bonds is 2. The number of nitrogens with one attached hydrogen (secondary N) is 2. The third kappa shape index (κ3) is 2.86. The van der Waals surface area contributed by atoms with Crippen molar-refractivity contribution in [2.24, 2.45) is 0 Å². The van der Waals surface area contributed by atoms with Gasteiger partial charge in [0.15, 0.2) is 5.82 Å². The zero-order valence-corrected chi connectivity index (χ0v) is 13.2. The number of piperazine rings is 1. The summed E-state index contributed by atoms with van der Waals surface area (Å²) in [5.74, 6) is 1.59. The lowest BCUT2D eigenvalue weighted by Crippen LogP contribution is -2.54. The molecule has 2 N–H and O–H groups in total. The van der Waals surface area contributed by atoms with Crippen molar-refractivity contribution in [3.63, 3.8) is 0 Å². The molecule has 2 unspecified atom stereocenters. The Kier molecular flexibility index (Phi) is 3.76. The second-order valence-electron chi connectivity index (χ2n) is 5.36. The molecule has 0 amide bonds. The highest BCUT2D eigenvalue weighted by atomic mass is 79.9. The molecule has 2 atom stereocenters. The summed E-state index contributed by atoms with van der Waals surface area (Å²) < 4.78 is 1.06. The van der Waals surface area contributed by atoms with Crippen LogP contribution >= 0.6 is 15.9 Å². The third-order valence-electron chi connectivity index (χ3n) is 3.43. The van der Waals surface area contributed by atoms with Crippen LogP contribution in [0.3, 0.4) is 0 Å². The topological polar surface area (TPSA) is 56.8 Å². The molecule has 3 rings (SSSR count). The first-order chi connectivity index (χ1) is 9.61. The zero-order chi connectivity index (χ0) is 14.1. The predicted molar refractivity (Wildman–Crippen MR) is 83.8 cm³/mol. The van der Waals surface area contributed by atoms with Crippen LogP contribution < -0.4 is 10.2 Å². The van der Waals surface area contributed by atoms with Gasteiger partial charge in [-0.1, -0.05) is 28.1 Å². The smallest absolute Gasteiger partial charge is 0.245 e. The lowest BCUT2D eigenvalue weighted by Gasteiger charge is -2.35. The van der Waals surface area contributed by atoms with Crippen molar-refractivity contribution in [1.29, 1.82) is 0 Å². The van der Waals surface area contributed by atoms with Crippen LogP contribution in [-0.2, 0) is 0 Å². The summed E-state index contributed by atoms with van der Waals surface area (Å²) in [6, 6.07) is 8.97. The Balaban J connectivity index is 1.81. The average Bonchev–Trinajstić information content (AvgIpc) is 2.88. The van der Waals surface area contributed by atoms with Gasteiger partial charge in [-0.2, -0.15) is 4.98 Å². The normalized spacial score (nSPS) is 23.1. The van der Waals surface area contributed by atoms with Crippen LogP contribution in [0.25, 0.3) is 11.4 Å². The Bertz CT molecular complexity index is 570. The highest BCUT2D eigenvalue weighted by molar-refractivity contribution is 9.10. The number of hydrogen-bond acceptors (Lipinski definition) is 4. The maximum absolute atomic E-state index is 4.62. The molecule has 0 saturated carbocycles. The van der Waals surface area contributed by atoms with Crippen molar-refractivity contribution in [1.82, 2.24) is 20.5 Å². The first-order valence-electron chi connectivity index (χ1n) is 6.81. The molecule has 1 aliphatic heterocycles. The Morgan fingerprint density at radius 2 is 1.80 bits per heavy atom. The first-order valence-corrected chi connectivity index (χ1v) is 7.60. The van der Waals surface area contributed by atoms with E-state index in [0.29, 0.717) is 12.1 Å². The molecule has 5 nitrogen and oxygen atoms in total. The molecule has 0 aliphatic carbocycles. The third-order valence-corrected chi connectivity index (χ3v) is 3.96. The van der Waals surface area contributed by atoms with E-state index in [2.05, 4.69) is 55.2 Å². The molecule has 1 aromatic carbocycles. The molecule has 1 aliphatic rings. The number of aromatic nitrogens is 3. The highest BCUT2D eigenvalue weighted by Crippen LogP contribution is 2.21. The fourth-order valence-electron chi connectivity index (χ4n) is 2.62. The lowest BCUT2D eigenvalue weighted by atomic mass is 10.1. The standard InChI is InChI=1S/C14H18BrN5/c1-9-7-20(8-10(2)16-9)14-17-13(18-19-14)11-3-5-12(15)6-4-11/h3-6,9-10,16H,7-8H2,1-2H3,(H,17,18,19). The molecule has 1 fully saturated rings. The van der Waals surface area contributed by atoms with Gasteiger partial charge in [-0.25, -0.2) is 0 Å². The van der Waals surface area contributed by atoms with Gasteiger partial charge in [-0.15, -0.1) is 5.10 Å². The number of H-pyrrole nitrogens is 1. The molecule has 2 heterocycles. The van der Waals surface area contributed by atoms with E-state index in [1.165, 1.54) is 0 Å². The lowest BCUT2D eigenvalue weighted by molar-refractivity contribution is 0.403. The fraction of sp³-hybridized carbons (Fsp3) is 0.429. The van der Waals surface area contributed by atoms with Gasteiger partial charge in [0, 0.05) is 35.2 Å². The quantitative estimate of drug-likeness (QED) is 0.884. The number of anilines is 1. The van der Waals surface area contributed by atoms with Crippen molar-refractivity contribution in [2.75, 3.05) is 18.0 Å². The fourth-order valence-corrected chi connectivity index (χ4v) is 2.89. The number of nitrogens with zero attached hydrogens (tertiary/aromatic N) is 3. The summed E-state index contributed by atoms with van der Waals surface area (Å²) in [7, 11) is 0. The Morgan fingerprint density at radius 1 is 1.15 bits per heavy atom. The van der Waals surface area contributed by atoms with Gasteiger partial charge in [0.25, 0.3) is 0 Å². The minimum absolute atomic E-state index is 0.452. The maximum atomic E-state index is 4.62. The molecular weight excluding hydrogens is 318 g/mol. The first kappa shape index (κ1) is 13.6. The van der Waals surface area contributed by atoms with E-state index in [0.717, 1.165) is 34.9 Å². The van der Waals surface area contributed by atoms with E-state index in [1.807, 2.05) is 24.3 Å². The van der Waals surface area contributed by atoms with Gasteiger partial charge in [-0.3, -0.25) is 5.10 Å². The molecule has 6 heteroatoms. The molecule has 0 bridgehead atoms. The second-order valence-corrected chi connectivity index (χ2v) is 6.28. The van der Waals surface area contributed by atoms with Gasteiger partial charge in [0.05, 0.1) is 0 Å². The van der Waals surface area contributed by atoms with Crippen LogP contribution in [0.2, 0.25) is 0 Å². The summed E-state index contributed by atoms with van der Waals surface area (Å²) in [5.41, 5.74) is 1.04. The van der Waals surface area contributed by atoms with Crippen LogP contribution in [0.1, 0.15) is 13.8 Å². The molecular formula is C14H18BrN5. The van der Waals surface area contributed by atoms with Gasteiger partial charge in [-0.05, 0) is 26.0 Å². The zero-order valence-electron chi connectivity index (χ0n) is 11.6. The number of hydrogen-bond donors (Lipinski definition) is 2. The van der Waals surface area contributed by atoms with Gasteiger partial charge >= 0.3 is 0 Å². The molecule has 1 aromatic heterocycles. The molecule has 106 valence electrons. The minimum atomic E-state index is 0.452. The summed E-state index contributed by atoms with van der Waals surface area (Å²) in [5, 5.41) is 10.9. The summed E-state index contributed by atoms with van der Waals surface area (Å²) in [4.78, 5) is 6.85. The van der Waals surface area contributed by atoms with Crippen molar-refractivity contribution in [2.45, 2.75) is 25.9 Å². The van der Waals surface area contributed by atoms with Gasteiger partial charge in [0.1, 0.15) is 0 Å². The van der Waals surface area contributed by atoms with E-state index < -0.39 is 0 Å². The average molecular weight is 336 g/mol. The number of benzene rings is 1. The van der Waals surface area contributed by atoms with Crippen LogP contribution in [0.4, 0.5) is 5.95 Å². The van der Waals surface area contributed by atoms with Crippen molar-refractivity contribution in [3.05, 3.63) is 28.7 Å². The van der Waals surface area contributed by atoms with Crippen LogP contribution in [0, 0.1) is 0 Å². The van der Waals surface area contributed by atoms with E-state index in [4.69, 9.17) is 0 Å². The minimum Gasteiger partial charge on any atom is -0.336 e. The van der Waals surface area contributed by atoms with E-state index >= 15 is 0 Å². The largest absolute Gasteiger partial charge is 0.336 e. The Labute approximate surface area is 126 Å². The predicted octanol–water partition coefficient (Wildman–Crippen LogP) is 2.42. The van der Waals surface area contributed by atoms with Crippen molar-refractivity contribution >= 4 is 21.9 Å². The van der Waals surface area contributed by atoms with Crippen LogP contribution in [0.5, 0.6) is 0 Å². The molecule has 20 heavy (non-hydrogen) atoms. The maximum Gasteiger partial charge on any atom is 0.245 e. The van der Waals surface area contributed by atoms with Crippen molar-refractivity contribution in [3.8, 4) is 11.4 Å². The molecule has 2 aromatic rings. The number of halogens is 1. The molecule has 1 saturated heterocycles. The number of aromatic amines is 1. The Morgan fingerprint density at radius 3 is 2.45 bits per heavy atom. The van der Waals surface area contributed by atoms with Crippen LogP contribution in [-0.4, -0.2) is 40.4 Å². The summed E-state index contributed by atoms with van der Waals surface area (Å²) in [6.07, 6.45) is 0. The van der Waals surface area contributed by atoms with Gasteiger partial charge in [0.2, 0.25) is 5.95 Å². The van der Waals surface area contributed by atoms with Crippen LogP contribution in [0.15, 0.2) is 28.7 Å². The van der Waals surface area contributed by atoms with Crippen molar-refractivity contribution < 1.29 is 0 Å². The van der Waals surface area contributed by atoms with E-state index in [1.54, 1.807) is 0 Å². The Hall–Kier alpha value is -1.40. The van der Waals surface area contributed by atoms with Gasteiger partial charge < -0.3 is 10.2 Å². The monoisotopic (exact) mass is 335 g/mol. The SMILES string of the molecule is CC1CN(c2n[nH]c(-c3ccc(Br)cc3)n2)CC(C)N1. The highest BCUT2D eigenvalue weighted by Gasteiger charge is 2.23. The second kappa shape index (κ2) is 5.54. The van der Waals surface area contributed by atoms with E-state index in [9.17, 15) is 0 Å². The molecule has 0 spiro atoms. The van der Waals surface area contributed by atoms with E-state index in [-0.39, 0.29) is 0 Å². The summed E-state index contributed by atoms with van der Waals surface area (Å²) >= 11 is 3.44. The summed E-state index contributed by atoms with van der Waals surface area (Å²) in [6.45, 7) is 6.24.